The van der Waals surface area contributed by atoms with Gasteiger partial charge in [-0.25, -0.2) is 4.79 Å². The number of esters is 1. The lowest BCUT2D eigenvalue weighted by Crippen LogP contribution is -2.63. The van der Waals surface area contributed by atoms with Gasteiger partial charge in [0.05, 0.1) is 18.6 Å². The molecule has 0 bridgehead atoms. The van der Waals surface area contributed by atoms with Crippen molar-refractivity contribution in [2.45, 2.75) is 110 Å². The summed E-state index contributed by atoms with van der Waals surface area (Å²) in [5.74, 6) is 0.0653. The lowest BCUT2D eigenvalue weighted by Gasteiger charge is -2.42. The van der Waals surface area contributed by atoms with E-state index in [1.54, 1.807) is 20.8 Å². The van der Waals surface area contributed by atoms with E-state index >= 15 is 0 Å². The van der Waals surface area contributed by atoms with Gasteiger partial charge in [-0.3, -0.25) is 4.79 Å². The molecule has 0 heterocycles. The number of carbonyl (C=O) groups is 2. The third-order valence-corrected chi connectivity index (χ3v) is 6.72. The second-order valence-corrected chi connectivity index (χ2v) is 11.9. The third-order valence-electron chi connectivity index (χ3n) is 6.72. The molecule has 2 rings (SSSR count). The van der Waals surface area contributed by atoms with Gasteiger partial charge in [-0.1, -0.05) is 63.4 Å². The van der Waals surface area contributed by atoms with Gasteiger partial charge >= 0.3 is 12.1 Å². The monoisotopic (exact) mass is 550 g/mol. The molecule has 1 saturated carbocycles. The first-order chi connectivity index (χ1) is 18.5. The molecule has 0 aliphatic heterocycles. The van der Waals surface area contributed by atoms with E-state index in [0.29, 0.717) is 5.92 Å². The predicted octanol–water partition coefficient (Wildman–Crippen LogP) is 4.56. The predicted molar refractivity (Wildman–Crippen MR) is 150 cm³/mol. The van der Waals surface area contributed by atoms with Crippen LogP contribution < -0.4 is 10.6 Å². The van der Waals surface area contributed by atoms with Crippen LogP contribution >= 0.6 is 0 Å². The smallest absolute Gasteiger partial charge is 0.408 e. The van der Waals surface area contributed by atoms with E-state index in [1.807, 2.05) is 30.3 Å². The fourth-order valence-electron chi connectivity index (χ4n) is 4.96. The zero-order valence-electron chi connectivity index (χ0n) is 24.6. The average Bonchev–Trinajstić information content (AvgIpc) is 2.87. The van der Waals surface area contributed by atoms with Gasteiger partial charge in [0.15, 0.2) is 0 Å². The molecule has 1 aromatic rings. The van der Waals surface area contributed by atoms with E-state index in [-0.39, 0.29) is 31.8 Å². The summed E-state index contributed by atoms with van der Waals surface area (Å²) in [6.07, 6.45) is 2.26. The molecule has 1 amide bonds. The maximum Gasteiger partial charge on any atom is 0.408 e. The Hall–Kier alpha value is -2.20. The first kappa shape index (κ1) is 33.0. The molecular weight excluding hydrogens is 500 g/mol. The van der Waals surface area contributed by atoms with Crippen molar-refractivity contribution in [3.8, 4) is 0 Å². The molecule has 1 aliphatic carbocycles. The Bertz CT molecular complexity index is 837. The van der Waals surface area contributed by atoms with Gasteiger partial charge < -0.3 is 34.7 Å². The van der Waals surface area contributed by atoms with E-state index in [1.165, 1.54) is 13.5 Å². The number of amides is 1. The summed E-state index contributed by atoms with van der Waals surface area (Å²) in [6.45, 7) is 10.4. The number of rotatable bonds is 15. The van der Waals surface area contributed by atoms with Gasteiger partial charge in [-0.2, -0.15) is 0 Å². The molecule has 3 N–H and O–H groups in total. The molecule has 1 aliphatic rings. The zero-order valence-corrected chi connectivity index (χ0v) is 24.6. The van der Waals surface area contributed by atoms with Crippen LogP contribution in [0.25, 0.3) is 0 Å². The molecule has 0 radical (unpaired) electrons. The van der Waals surface area contributed by atoms with Gasteiger partial charge in [-0.15, -0.1) is 0 Å². The molecule has 9 heteroatoms. The van der Waals surface area contributed by atoms with E-state index < -0.39 is 35.9 Å². The second kappa shape index (κ2) is 16.8. The van der Waals surface area contributed by atoms with E-state index in [2.05, 4.69) is 24.5 Å². The fourth-order valence-corrected chi connectivity index (χ4v) is 4.96. The van der Waals surface area contributed by atoms with Crippen molar-refractivity contribution in [3.63, 3.8) is 0 Å². The summed E-state index contributed by atoms with van der Waals surface area (Å²) in [7, 11) is 1.49. The highest BCUT2D eigenvalue weighted by Gasteiger charge is 2.41. The highest BCUT2D eigenvalue weighted by atomic mass is 16.7. The van der Waals surface area contributed by atoms with Crippen LogP contribution in [0.3, 0.4) is 0 Å². The molecule has 0 saturated heterocycles. The molecule has 1 unspecified atom stereocenters. The number of hydrogen-bond acceptors (Lipinski definition) is 8. The van der Waals surface area contributed by atoms with Crippen molar-refractivity contribution in [2.24, 2.45) is 11.8 Å². The SMILES string of the molecule is COCO[C@@H]([C@@H](O)CC(=O)OCc1ccccc1)[C@@H](NC(=O)OC(C)(C)C)C(NCC(C)C)C1CCCCC1. The maximum absolute atomic E-state index is 13.1. The summed E-state index contributed by atoms with van der Waals surface area (Å²) in [5.41, 5.74) is 0.149. The molecule has 222 valence electrons. The van der Waals surface area contributed by atoms with Crippen LogP contribution in [-0.2, 0) is 30.3 Å². The van der Waals surface area contributed by atoms with Gasteiger partial charge in [0.25, 0.3) is 0 Å². The van der Waals surface area contributed by atoms with Crippen molar-refractivity contribution >= 4 is 12.1 Å². The quantitative estimate of drug-likeness (QED) is 0.215. The highest BCUT2D eigenvalue weighted by molar-refractivity contribution is 5.70. The Labute approximate surface area is 234 Å². The minimum Gasteiger partial charge on any atom is -0.461 e. The largest absolute Gasteiger partial charge is 0.461 e. The standard InChI is InChI=1S/C30H50N2O7/c1-21(2)18-31-26(23-15-11-8-12-16-23)27(32-29(35)39-30(3,4)5)28(38-20-36-6)24(33)17-25(34)37-19-22-13-9-7-10-14-22/h7,9-10,13-14,21,23-24,26-28,31,33H,8,11-12,15-20H2,1-6H3,(H,32,35)/t24-,26?,27-,28-/m0/s1. The summed E-state index contributed by atoms with van der Waals surface area (Å²) in [6, 6.07) is 8.46. The van der Waals surface area contributed by atoms with E-state index in [4.69, 9.17) is 18.9 Å². The normalized spacial score (nSPS) is 17.7. The summed E-state index contributed by atoms with van der Waals surface area (Å²) < 4.78 is 22.2. The van der Waals surface area contributed by atoms with Gasteiger partial charge in [0, 0.05) is 13.2 Å². The van der Waals surface area contributed by atoms with Crippen LogP contribution in [0.4, 0.5) is 4.79 Å². The van der Waals surface area contributed by atoms with Crippen LogP contribution in [0.1, 0.15) is 78.7 Å². The molecule has 1 aromatic carbocycles. The minimum absolute atomic E-state index is 0.107. The molecule has 9 nitrogen and oxygen atoms in total. The van der Waals surface area contributed by atoms with Crippen LogP contribution in [0.5, 0.6) is 0 Å². The lowest BCUT2D eigenvalue weighted by molar-refractivity contribution is -0.157. The molecule has 4 atom stereocenters. The lowest BCUT2D eigenvalue weighted by atomic mass is 9.78. The zero-order chi connectivity index (χ0) is 28.8. The Morgan fingerprint density at radius 2 is 1.74 bits per heavy atom. The summed E-state index contributed by atoms with van der Waals surface area (Å²) in [4.78, 5) is 25.8. The third kappa shape index (κ3) is 12.7. The number of benzene rings is 1. The molecular formula is C30H50N2O7. The van der Waals surface area contributed by atoms with Gasteiger partial charge in [-0.05, 0) is 57.6 Å². The first-order valence-electron chi connectivity index (χ1n) is 14.2. The van der Waals surface area contributed by atoms with Crippen molar-refractivity contribution in [3.05, 3.63) is 35.9 Å². The second-order valence-electron chi connectivity index (χ2n) is 11.9. The summed E-state index contributed by atoms with van der Waals surface area (Å²) >= 11 is 0. The van der Waals surface area contributed by atoms with Gasteiger partial charge in [0.1, 0.15) is 25.1 Å². The van der Waals surface area contributed by atoms with Crippen molar-refractivity contribution < 1.29 is 33.6 Å². The number of carbonyl (C=O) groups excluding carboxylic acids is 2. The fraction of sp³-hybridized carbons (Fsp3) is 0.733. The van der Waals surface area contributed by atoms with Gasteiger partial charge in [0.2, 0.25) is 0 Å². The van der Waals surface area contributed by atoms with Crippen LogP contribution in [0, 0.1) is 11.8 Å². The van der Waals surface area contributed by atoms with Crippen molar-refractivity contribution in [1.82, 2.24) is 10.6 Å². The Kier molecular flexibility index (Phi) is 14.2. The average molecular weight is 551 g/mol. The number of ether oxygens (including phenoxy) is 4. The van der Waals surface area contributed by atoms with Crippen LogP contribution in [-0.4, -0.2) is 67.5 Å². The molecule has 0 aromatic heterocycles. The first-order valence-corrected chi connectivity index (χ1v) is 14.2. The highest BCUT2D eigenvalue weighted by Crippen LogP contribution is 2.30. The number of aliphatic hydroxyl groups is 1. The Morgan fingerprint density at radius 1 is 1.08 bits per heavy atom. The van der Waals surface area contributed by atoms with Crippen molar-refractivity contribution in [1.29, 1.82) is 0 Å². The maximum atomic E-state index is 13.1. The minimum atomic E-state index is -1.25. The number of aliphatic hydroxyl groups excluding tert-OH is 1. The number of hydrogen-bond donors (Lipinski definition) is 3. The topological polar surface area (TPSA) is 115 Å². The Balaban J connectivity index is 2.30. The number of nitrogens with one attached hydrogen (secondary N) is 2. The number of alkyl carbamates (subject to hydrolysis) is 1. The number of methoxy groups -OCH3 is 1. The molecule has 39 heavy (non-hydrogen) atoms. The Morgan fingerprint density at radius 3 is 2.33 bits per heavy atom. The van der Waals surface area contributed by atoms with E-state index in [9.17, 15) is 14.7 Å². The van der Waals surface area contributed by atoms with Crippen molar-refractivity contribution in [2.75, 3.05) is 20.4 Å². The summed E-state index contributed by atoms with van der Waals surface area (Å²) in [5, 5.41) is 18.0. The molecule has 1 fully saturated rings. The van der Waals surface area contributed by atoms with Crippen LogP contribution in [0.2, 0.25) is 0 Å². The van der Waals surface area contributed by atoms with Crippen LogP contribution in [0.15, 0.2) is 30.3 Å². The van der Waals surface area contributed by atoms with E-state index in [0.717, 1.165) is 37.8 Å². The molecule has 0 spiro atoms.